The summed E-state index contributed by atoms with van der Waals surface area (Å²) in [7, 11) is 4.16. The van der Waals surface area contributed by atoms with Crippen molar-refractivity contribution in [2.45, 2.75) is 39.3 Å². The summed E-state index contributed by atoms with van der Waals surface area (Å²) < 4.78 is 11.3. The van der Waals surface area contributed by atoms with Crippen LogP contribution in [0.2, 0.25) is 0 Å². The van der Waals surface area contributed by atoms with E-state index in [2.05, 4.69) is 67.4 Å². The van der Waals surface area contributed by atoms with Gasteiger partial charge in [-0.15, -0.1) is 0 Å². The van der Waals surface area contributed by atoms with Gasteiger partial charge < -0.3 is 25.0 Å². The third-order valence-corrected chi connectivity index (χ3v) is 5.26. The van der Waals surface area contributed by atoms with Gasteiger partial charge in [0.1, 0.15) is 5.75 Å². The van der Waals surface area contributed by atoms with Crippen molar-refractivity contribution in [3.63, 3.8) is 0 Å². The van der Waals surface area contributed by atoms with Gasteiger partial charge in [-0.05, 0) is 59.0 Å². The van der Waals surface area contributed by atoms with Gasteiger partial charge >= 0.3 is 0 Å². The number of hydrogen-bond acceptors (Lipinski definition) is 5. The molecule has 0 saturated carbocycles. The third kappa shape index (κ3) is 8.90. The fourth-order valence-electron chi connectivity index (χ4n) is 3.35. The zero-order valence-corrected chi connectivity index (χ0v) is 19.5. The van der Waals surface area contributed by atoms with Crippen molar-refractivity contribution in [2.75, 3.05) is 66.6 Å². The maximum Gasteiger partial charge on any atom is 0.191 e. The monoisotopic (exact) mass is 419 g/mol. The summed E-state index contributed by atoms with van der Waals surface area (Å²) in [6.07, 6.45) is 1.03. The summed E-state index contributed by atoms with van der Waals surface area (Å²) in [6, 6.07) is 8.24. The van der Waals surface area contributed by atoms with Crippen LogP contribution >= 0.6 is 0 Å². The Balaban J connectivity index is 1.83. The lowest BCUT2D eigenvalue weighted by atomic mass is 10.0. The first-order chi connectivity index (χ1) is 14.4. The zero-order chi connectivity index (χ0) is 21.8. The third-order valence-electron chi connectivity index (χ3n) is 5.26. The van der Waals surface area contributed by atoms with Crippen LogP contribution in [-0.4, -0.2) is 87.9 Å². The van der Waals surface area contributed by atoms with Crippen molar-refractivity contribution < 1.29 is 9.47 Å². The Morgan fingerprint density at radius 1 is 1.17 bits per heavy atom. The molecule has 7 heteroatoms. The Bertz CT molecular complexity index is 625. The highest BCUT2D eigenvalue weighted by molar-refractivity contribution is 5.79. The van der Waals surface area contributed by atoms with Crippen molar-refractivity contribution in [2.24, 2.45) is 4.99 Å². The van der Waals surface area contributed by atoms with Gasteiger partial charge in [0, 0.05) is 38.3 Å². The van der Waals surface area contributed by atoms with Crippen molar-refractivity contribution in [3.8, 4) is 5.75 Å². The summed E-state index contributed by atoms with van der Waals surface area (Å²) in [4.78, 5) is 9.41. The topological polar surface area (TPSA) is 61.4 Å². The van der Waals surface area contributed by atoms with Crippen LogP contribution in [0.25, 0.3) is 0 Å². The molecule has 0 bridgehead atoms. The predicted molar refractivity (Wildman–Crippen MR) is 124 cm³/mol. The van der Waals surface area contributed by atoms with Crippen molar-refractivity contribution in [3.05, 3.63) is 29.8 Å². The Labute approximate surface area is 182 Å². The van der Waals surface area contributed by atoms with Gasteiger partial charge in [0.05, 0.1) is 26.4 Å². The molecule has 0 atom stereocenters. The van der Waals surface area contributed by atoms with Gasteiger partial charge in [-0.2, -0.15) is 0 Å². The van der Waals surface area contributed by atoms with Gasteiger partial charge in [-0.1, -0.05) is 12.1 Å². The second kappa shape index (κ2) is 12.8. The van der Waals surface area contributed by atoms with E-state index in [-0.39, 0.29) is 5.54 Å². The lowest BCUT2D eigenvalue weighted by molar-refractivity contribution is -0.00834. The number of hydrogen-bond donors (Lipinski definition) is 2. The van der Waals surface area contributed by atoms with E-state index in [1.165, 1.54) is 5.56 Å². The molecule has 2 rings (SSSR count). The molecule has 2 N–H and O–H groups in total. The van der Waals surface area contributed by atoms with Crippen LogP contribution in [0, 0.1) is 0 Å². The van der Waals surface area contributed by atoms with Gasteiger partial charge in [0.15, 0.2) is 5.96 Å². The molecule has 170 valence electrons. The minimum atomic E-state index is 0.0472. The maximum atomic E-state index is 5.81. The quantitative estimate of drug-likeness (QED) is 0.326. The second-order valence-electron chi connectivity index (χ2n) is 8.61. The minimum Gasteiger partial charge on any atom is -0.494 e. The minimum absolute atomic E-state index is 0.0472. The van der Waals surface area contributed by atoms with Crippen LogP contribution < -0.4 is 15.4 Å². The number of guanidine groups is 1. The fourth-order valence-corrected chi connectivity index (χ4v) is 3.35. The number of rotatable bonds is 11. The molecule has 0 unspecified atom stereocenters. The van der Waals surface area contributed by atoms with Gasteiger partial charge in [0.25, 0.3) is 0 Å². The molecular formula is C23H41N5O2. The van der Waals surface area contributed by atoms with Crippen LogP contribution in [0.1, 0.15) is 32.8 Å². The molecule has 1 saturated heterocycles. The average molecular weight is 420 g/mol. The maximum absolute atomic E-state index is 5.81. The standard InChI is InChI=1S/C23H41N5O2/c1-6-24-22(26-19-23(2,3)28-13-16-29-17-14-28)25-18-20-8-10-21(11-9-20)30-15-7-12-27(4)5/h8-11H,6-7,12-19H2,1-5H3,(H2,24,25,26). The largest absolute Gasteiger partial charge is 0.494 e. The average Bonchev–Trinajstić information content (AvgIpc) is 2.74. The summed E-state index contributed by atoms with van der Waals surface area (Å²) >= 11 is 0. The van der Waals surface area contributed by atoms with Crippen molar-refractivity contribution >= 4 is 5.96 Å². The Morgan fingerprint density at radius 2 is 1.87 bits per heavy atom. The molecule has 7 nitrogen and oxygen atoms in total. The number of nitrogens with one attached hydrogen (secondary N) is 2. The summed E-state index contributed by atoms with van der Waals surface area (Å²) in [5, 5.41) is 6.86. The molecule has 0 spiro atoms. The molecule has 1 aromatic carbocycles. The Morgan fingerprint density at radius 3 is 2.50 bits per heavy atom. The highest BCUT2D eigenvalue weighted by Gasteiger charge is 2.28. The highest BCUT2D eigenvalue weighted by atomic mass is 16.5. The number of aliphatic imine (C=N–C) groups is 1. The number of morpholine rings is 1. The number of ether oxygens (including phenoxy) is 2. The molecule has 0 radical (unpaired) electrons. The fraction of sp³-hybridized carbons (Fsp3) is 0.696. The molecule has 0 amide bonds. The van der Waals surface area contributed by atoms with Crippen LogP contribution in [0.4, 0.5) is 0 Å². The van der Waals surface area contributed by atoms with Crippen LogP contribution in [0.5, 0.6) is 5.75 Å². The van der Waals surface area contributed by atoms with E-state index in [0.717, 1.165) is 70.7 Å². The first-order valence-electron chi connectivity index (χ1n) is 11.1. The summed E-state index contributed by atoms with van der Waals surface area (Å²) in [5.41, 5.74) is 1.21. The molecule has 1 aliphatic rings. The smallest absolute Gasteiger partial charge is 0.191 e. The molecule has 1 fully saturated rings. The summed E-state index contributed by atoms with van der Waals surface area (Å²) in [5.74, 6) is 1.77. The SMILES string of the molecule is CCNC(=NCc1ccc(OCCCN(C)C)cc1)NCC(C)(C)N1CCOCC1. The lowest BCUT2D eigenvalue weighted by Gasteiger charge is -2.41. The first-order valence-corrected chi connectivity index (χ1v) is 11.1. The highest BCUT2D eigenvalue weighted by Crippen LogP contribution is 2.15. The molecule has 0 aromatic heterocycles. The van der Waals surface area contributed by atoms with E-state index in [0.29, 0.717) is 6.54 Å². The molecule has 0 aliphatic carbocycles. The molecular weight excluding hydrogens is 378 g/mol. The van der Waals surface area contributed by atoms with E-state index in [4.69, 9.17) is 14.5 Å². The van der Waals surface area contributed by atoms with E-state index in [1.807, 2.05) is 12.1 Å². The van der Waals surface area contributed by atoms with Crippen LogP contribution in [0.15, 0.2) is 29.3 Å². The van der Waals surface area contributed by atoms with Gasteiger partial charge in [0.2, 0.25) is 0 Å². The number of benzene rings is 1. The second-order valence-corrected chi connectivity index (χ2v) is 8.61. The van der Waals surface area contributed by atoms with E-state index >= 15 is 0 Å². The zero-order valence-electron chi connectivity index (χ0n) is 19.5. The first kappa shape index (κ1) is 24.4. The van der Waals surface area contributed by atoms with Gasteiger partial charge in [-0.3, -0.25) is 4.90 Å². The molecule has 1 aliphatic heterocycles. The Hall–Kier alpha value is -1.83. The lowest BCUT2D eigenvalue weighted by Crippen LogP contribution is -2.56. The van der Waals surface area contributed by atoms with Crippen LogP contribution in [0.3, 0.4) is 0 Å². The normalized spacial score (nSPS) is 16.0. The summed E-state index contributed by atoms with van der Waals surface area (Å²) in [6.45, 7) is 14.3. The van der Waals surface area contributed by atoms with E-state index in [9.17, 15) is 0 Å². The van der Waals surface area contributed by atoms with E-state index < -0.39 is 0 Å². The molecule has 1 heterocycles. The van der Waals surface area contributed by atoms with Crippen molar-refractivity contribution in [1.29, 1.82) is 0 Å². The predicted octanol–water partition coefficient (Wildman–Crippen LogP) is 2.18. The molecule has 30 heavy (non-hydrogen) atoms. The van der Waals surface area contributed by atoms with E-state index in [1.54, 1.807) is 0 Å². The van der Waals surface area contributed by atoms with Crippen LogP contribution in [-0.2, 0) is 11.3 Å². The van der Waals surface area contributed by atoms with Gasteiger partial charge in [-0.25, -0.2) is 4.99 Å². The Kier molecular flexibility index (Phi) is 10.4. The molecule has 1 aromatic rings. The number of nitrogens with zero attached hydrogens (tertiary/aromatic N) is 3. The van der Waals surface area contributed by atoms with Crippen molar-refractivity contribution in [1.82, 2.24) is 20.4 Å².